The van der Waals surface area contributed by atoms with Gasteiger partial charge in [-0.25, -0.2) is 4.79 Å². The fraction of sp³-hybridized carbons (Fsp3) is 0.238. The average Bonchev–Trinajstić information content (AvgIpc) is 3.10. The minimum absolute atomic E-state index is 0.212. The number of hydrogen-bond acceptors (Lipinski definition) is 3. The molecule has 0 bridgehead atoms. The monoisotopic (exact) mass is 460 g/mol. The van der Waals surface area contributed by atoms with Gasteiger partial charge in [-0.2, -0.15) is 0 Å². The molecule has 0 spiro atoms. The van der Waals surface area contributed by atoms with E-state index in [9.17, 15) is 9.59 Å². The second-order valence-corrected chi connectivity index (χ2v) is 7.88. The number of aromatic amines is 1. The third-order valence-corrected chi connectivity index (χ3v) is 5.95. The lowest BCUT2D eigenvalue weighted by Crippen LogP contribution is -2.52. The van der Waals surface area contributed by atoms with Crippen LogP contribution in [0.15, 0.2) is 53.0 Å². The minimum atomic E-state index is -0.739. The van der Waals surface area contributed by atoms with E-state index in [0.717, 1.165) is 32.2 Å². The van der Waals surface area contributed by atoms with E-state index in [0.29, 0.717) is 6.42 Å². The minimum Gasteiger partial charge on any atom is -0.467 e. The Morgan fingerprint density at radius 1 is 1.21 bits per heavy atom. The van der Waals surface area contributed by atoms with Gasteiger partial charge in [0.1, 0.15) is 11.9 Å². The summed E-state index contributed by atoms with van der Waals surface area (Å²) in [5.74, 6) is -0.971. The number of hydrogen-bond donors (Lipinski definition) is 1. The van der Waals surface area contributed by atoms with Crippen molar-refractivity contribution in [3.8, 4) is 0 Å². The zero-order valence-corrected chi connectivity index (χ0v) is 17.5. The van der Waals surface area contributed by atoms with E-state index in [1.54, 1.807) is 4.90 Å². The smallest absolute Gasteiger partial charge is 0.328 e. The molecule has 2 aromatic carbocycles. The van der Waals surface area contributed by atoms with Crippen LogP contribution >= 0.6 is 27.5 Å². The van der Waals surface area contributed by atoms with Gasteiger partial charge in [0.05, 0.1) is 13.2 Å². The molecular weight excluding hydrogens is 444 g/mol. The number of halogens is 2. The number of nitrogens with zero attached hydrogens (tertiary/aromatic N) is 1. The van der Waals surface area contributed by atoms with Crippen molar-refractivity contribution in [1.82, 2.24) is 9.88 Å². The van der Waals surface area contributed by atoms with Gasteiger partial charge in [-0.3, -0.25) is 4.79 Å². The van der Waals surface area contributed by atoms with Crippen LogP contribution in [0.5, 0.6) is 0 Å². The number of carbonyl (C=O) groups is 2. The number of methoxy groups -OCH3 is 1. The highest BCUT2D eigenvalue weighted by molar-refractivity contribution is 9.10. The van der Waals surface area contributed by atoms with Crippen LogP contribution in [0.2, 0.25) is 0 Å². The highest BCUT2D eigenvalue weighted by Gasteiger charge is 2.43. The number of benzene rings is 2. The fourth-order valence-electron chi connectivity index (χ4n) is 3.98. The maximum atomic E-state index is 12.8. The predicted molar refractivity (Wildman–Crippen MR) is 111 cm³/mol. The van der Waals surface area contributed by atoms with Crippen molar-refractivity contribution >= 4 is 50.3 Å². The molecule has 28 heavy (non-hydrogen) atoms. The van der Waals surface area contributed by atoms with E-state index in [1.165, 1.54) is 7.11 Å². The molecule has 7 heteroatoms. The van der Waals surface area contributed by atoms with Gasteiger partial charge in [-0.05, 0) is 29.3 Å². The number of esters is 1. The average molecular weight is 462 g/mol. The second-order valence-electron chi connectivity index (χ2n) is 6.69. The van der Waals surface area contributed by atoms with Crippen LogP contribution in [-0.4, -0.2) is 40.8 Å². The summed E-state index contributed by atoms with van der Waals surface area (Å²) in [6, 6.07) is 14.5. The van der Waals surface area contributed by atoms with E-state index in [4.69, 9.17) is 16.3 Å². The molecule has 0 unspecified atom stereocenters. The van der Waals surface area contributed by atoms with E-state index in [-0.39, 0.29) is 11.8 Å². The second kappa shape index (κ2) is 7.60. The van der Waals surface area contributed by atoms with Crippen LogP contribution in [0, 0.1) is 0 Å². The van der Waals surface area contributed by atoms with Crippen molar-refractivity contribution in [2.75, 3.05) is 13.0 Å². The lowest BCUT2D eigenvalue weighted by Gasteiger charge is -2.40. The summed E-state index contributed by atoms with van der Waals surface area (Å²) in [6.45, 7) is 0. The highest BCUT2D eigenvalue weighted by Crippen LogP contribution is 2.41. The zero-order valence-electron chi connectivity index (χ0n) is 15.1. The number of ether oxygens (including phenoxy) is 1. The molecule has 144 valence electrons. The summed E-state index contributed by atoms with van der Waals surface area (Å²) in [6.07, 6.45) is 0.377. The molecule has 2 heterocycles. The SMILES string of the molecule is COC(=O)[C@@H]1Cc2c([nH]c3ccccc23)[C@@H](c2ccc(Br)cc2)N1C(=O)CCl. The topological polar surface area (TPSA) is 62.4 Å². The molecule has 0 saturated carbocycles. The number of fused-ring (bicyclic) bond motifs is 3. The lowest BCUT2D eigenvalue weighted by atomic mass is 9.88. The number of H-pyrrole nitrogens is 1. The van der Waals surface area contributed by atoms with Gasteiger partial charge >= 0.3 is 5.97 Å². The van der Waals surface area contributed by atoms with E-state index in [1.807, 2.05) is 48.5 Å². The van der Waals surface area contributed by atoms with Crippen molar-refractivity contribution in [2.24, 2.45) is 0 Å². The first-order valence-corrected chi connectivity index (χ1v) is 10.2. The quantitative estimate of drug-likeness (QED) is 0.470. The largest absolute Gasteiger partial charge is 0.467 e. The molecule has 3 aromatic rings. The van der Waals surface area contributed by atoms with Gasteiger partial charge < -0.3 is 14.6 Å². The molecule has 4 rings (SSSR count). The Morgan fingerprint density at radius 2 is 1.93 bits per heavy atom. The maximum Gasteiger partial charge on any atom is 0.328 e. The standard InChI is InChI=1S/C21H18BrClN2O3/c1-28-21(27)17-10-15-14-4-2-3-5-16(14)24-19(15)20(25(17)18(26)11-23)12-6-8-13(22)9-7-12/h2-9,17,20,24H,10-11H2,1H3/t17-,20+/m0/s1. The van der Waals surface area contributed by atoms with Crippen LogP contribution in [0.3, 0.4) is 0 Å². The summed E-state index contributed by atoms with van der Waals surface area (Å²) in [5, 5.41) is 1.05. The van der Waals surface area contributed by atoms with Crippen LogP contribution in [0.1, 0.15) is 22.9 Å². The van der Waals surface area contributed by atoms with Crippen LogP contribution in [0.4, 0.5) is 0 Å². The molecule has 1 N–H and O–H groups in total. The predicted octanol–water partition coefficient (Wildman–Crippen LogP) is 4.18. The van der Waals surface area contributed by atoms with Gasteiger partial charge in [0.25, 0.3) is 0 Å². The van der Waals surface area contributed by atoms with Crippen molar-refractivity contribution in [3.63, 3.8) is 0 Å². The number of carbonyl (C=O) groups excluding carboxylic acids is 2. The summed E-state index contributed by atoms with van der Waals surface area (Å²) >= 11 is 9.37. The molecule has 0 aliphatic carbocycles. The molecular formula is C21H18BrClN2O3. The number of alkyl halides is 1. The van der Waals surface area contributed by atoms with E-state index >= 15 is 0 Å². The van der Waals surface area contributed by atoms with Crippen molar-refractivity contribution in [2.45, 2.75) is 18.5 Å². The van der Waals surface area contributed by atoms with Crippen molar-refractivity contribution < 1.29 is 14.3 Å². The normalized spacial score (nSPS) is 18.8. The molecule has 1 amide bonds. The van der Waals surface area contributed by atoms with Crippen LogP contribution < -0.4 is 0 Å². The van der Waals surface area contributed by atoms with Gasteiger partial charge in [-0.15, -0.1) is 11.6 Å². The first kappa shape index (κ1) is 19.0. The third kappa shape index (κ3) is 3.10. The summed E-state index contributed by atoms with van der Waals surface area (Å²) in [5.41, 5.74) is 3.79. The summed E-state index contributed by atoms with van der Waals surface area (Å²) < 4.78 is 5.96. The Morgan fingerprint density at radius 3 is 2.61 bits per heavy atom. The highest BCUT2D eigenvalue weighted by atomic mass is 79.9. The van der Waals surface area contributed by atoms with Gasteiger partial charge in [-0.1, -0.05) is 46.3 Å². The number of rotatable bonds is 3. The lowest BCUT2D eigenvalue weighted by molar-refractivity contribution is -0.154. The molecule has 1 aromatic heterocycles. The fourth-order valence-corrected chi connectivity index (χ4v) is 4.38. The summed E-state index contributed by atoms with van der Waals surface area (Å²) in [4.78, 5) is 30.5. The van der Waals surface area contributed by atoms with Gasteiger partial charge in [0.2, 0.25) is 5.91 Å². The third-order valence-electron chi connectivity index (χ3n) is 5.19. The first-order valence-electron chi connectivity index (χ1n) is 8.85. The maximum absolute atomic E-state index is 12.8. The van der Waals surface area contributed by atoms with E-state index < -0.39 is 18.1 Å². The van der Waals surface area contributed by atoms with E-state index in [2.05, 4.69) is 20.9 Å². The molecule has 0 fully saturated rings. The molecule has 5 nitrogen and oxygen atoms in total. The van der Waals surface area contributed by atoms with Crippen LogP contribution in [-0.2, 0) is 20.7 Å². The summed E-state index contributed by atoms with van der Waals surface area (Å²) in [7, 11) is 1.34. The van der Waals surface area contributed by atoms with Gasteiger partial charge in [0.15, 0.2) is 0 Å². The Kier molecular flexibility index (Phi) is 5.17. The van der Waals surface area contributed by atoms with Crippen LogP contribution in [0.25, 0.3) is 10.9 Å². The van der Waals surface area contributed by atoms with Crippen molar-refractivity contribution in [1.29, 1.82) is 0 Å². The first-order chi connectivity index (χ1) is 13.5. The number of nitrogens with one attached hydrogen (secondary N) is 1. The number of amides is 1. The molecule has 0 saturated heterocycles. The van der Waals surface area contributed by atoms with Crippen molar-refractivity contribution in [3.05, 3.63) is 69.8 Å². The Bertz CT molecular complexity index is 1050. The Hall–Kier alpha value is -2.31. The number of para-hydroxylation sites is 1. The number of aromatic nitrogens is 1. The molecule has 1 aliphatic heterocycles. The van der Waals surface area contributed by atoms with Gasteiger partial charge in [0, 0.05) is 27.5 Å². The molecule has 0 radical (unpaired) electrons. The Labute approximate surface area is 175 Å². The molecule has 1 aliphatic rings. The molecule has 2 atom stereocenters. The zero-order chi connectivity index (χ0) is 19.8. The Balaban J connectivity index is 1.98.